The van der Waals surface area contributed by atoms with E-state index in [0.717, 1.165) is 5.82 Å². The predicted octanol–water partition coefficient (Wildman–Crippen LogP) is -0.274. The molecular formula is C9H16N4O. The van der Waals surface area contributed by atoms with E-state index >= 15 is 0 Å². The molecule has 0 saturated heterocycles. The second kappa shape index (κ2) is 4.23. The van der Waals surface area contributed by atoms with E-state index in [-0.39, 0.29) is 5.91 Å². The number of nitrogens with two attached hydrogens (primary N) is 1. The van der Waals surface area contributed by atoms with Gasteiger partial charge in [0.05, 0.1) is 12.6 Å². The molecule has 0 aliphatic carbocycles. The summed E-state index contributed by atoms with van der Waals surface area (Å²) < 4.78 is 1.88. The van der Waals surface area contributed by atoms with Crippen LogP contribution in [0.25, 0.3) is 0 Å². The molecule has 2 N–H and O–H groups in total. The zero-order chi connectivity index (χ0) is 10.7. The smallest absolute Gasteiger partial charge is 0.239 e. The lowest BCUT2D eigenvalue weighted by molar-refractivity contribution is -0.131. The Kier molecular flexibility index (Phi) is 3.24. The van der Waals surface area contributed by atoms with E-state index in [0.29, 0.717) is 6.54 Å². The normalized spacial score (nSPS) is 12.6. The number of hydrogen-bond donors (Lipinski definition) is 1. The lowest BCUT2D eigenvalue weighted by Gasteiger charge is -2.18. The van der Waals surface area contributed by atoms with Crippen LogP contribution in [0, 0.1) is 0 Å². The Hall–Kier alpha value is -1.36. The topological polar surface area (TPSA) is 64.2 Å². The molecule has 0 fully saturated rings. The molecule has 0 aliphatic rings. The predicted molar refractivity (Wildman–Crippen MR) is 53.3 cm³/mol. The van der Waals surface area contributed by atoms with Gasteiger partial charge in [0.2, 0.25) is 5.91 Å². The van der Waals surface area contributed by atoms with Crippen LogP contribution in [-0.2, 0) is 18.4 Å². The summed E-state index contributed by atoms with van der Waals surface area (Å²) in [5, 5.41) is 0. The van der Waals surface area contributed by atoms with E-state index in [1.807, 2.05) is 17.8 Å². The van der Waals surface area contributed by atoms with Gasteiger partial charge in [-0.05, 0) is 6.92 Å². The Morgan fingerprint density at radius 2 is 2.43 bits per heavy atom. The summed E-state index contributed by atoms with van der Waals surface area (Å²) in [6.45, 7) is 2.17. The van der Waals surface area contributed by atoms with Gasteiger partial charge in [-0.2, -0.15) is 0 Å². The van der Waals surface area contributed by atoms with Crippen molar-refractivity contribution >= 4 is 5.91 Å². The minimum atomic E-state index is -0.458. The third kappa shape index (κ3) is 2.32. The standard InChI is InChI=1S/C9H16N4O/c1-7(10)9(14)13(3)6-8-11-4-5-12(8)2/h4-5,7H,6,10H2,1-3H3/t7-/m1/s1. The van der Waals surface area contributed by atoms with Gasteiger partial charge in [-0.25, -0.2) is 4.98 Å². The fraction of sp³-hybridized carbons (Fsp3) is 0.556. The van der Waals surface area contributed by atoms with Gasteiger partial charge < -0.3 is 15.2 Å². The van der Waals surface area contributed by atoms with Crippen molar-refractivity contribution < 1.29 is 4.79 Å². The van der Waals surface area contributed by atoms with Crippen LogP contribution >= 0.6 is 0 Å². The van der Waals surface area contributed by atoms with Crippen LogP contribution in [0.15, 0.2) is 12.4 Å². The van der Waals surface area contributed by atoms with Gasteiger partial charge in [0, 0.05) is 26.5 Å². The molecule has 1 amide bonds. The second-order valence-electron chi connectivity index (χ2n) is 3.44. The summed E-state index contributed by atoms with van der Waals surface area (Å²) in [7, 11) is 3.62. The van der Waals surface area contributed by atoms with Crippen molar-refractivity contribution in [3.8, 4) is 0 Å². The zero-order valence-corrected chi connectivity index (χ0v) is 8.77. The zero-order valence-electron chi connectivity index (χ0n) is 8.77. The van der Waals surface area contributed by atoms with E-state index in [1.165, 1.54) is 0 Å². The molecule has 1 aromatic heterocycles. The molecular weight excluding hydrogens is 180 g/mol. The molecule has 5 heteroatoms. The van der Waals surface area contributed by atoms with Gasteiger partial charge in [0.25, 0.3) is 0 Å². The molecule has 1 atom stereocenters. The summed E-state index contributed by atoms with van der Waals surface area (Å²) in [5.74, 6) is 0.773. The van der Waals surface area contributed by atoms with Crippen LogP contribution in [0.1, 0.15) is 12.7 Å². The van der Waals surface area contributed by atoms with Gasteiger partial charge in [-0.15, -0.1) is 0 Å². The fourth-order valence-corrected chi connectivity index (χ4v) is 1.19. The van der Waals surface area contributed by atoms with Crippen molar-refractivity contribution in [2.75, 3.05) is 7.05 Å². The number of imidazole rings is 1. The minimum absolute atomic E-state index is 0.0759. The summed E-state index contributed by atoms with van der Waals surface area (Å²) in [5.41, 5.74) is 5.49. The molecule has 78 valence electrons. The lowest BCUT2D eigenvalue weighted by Crippen LogP contribution is -2.39. The fourth-order valence-electron chi connectivity index (χ4n) is 1.19. The Balaban J connectivity index is 2.62. The van der Waals surface area contributed by atoms with Gasteiger partial charge >= 0.3 is 0 Å². The van der Waals surface area contributed by atoms with Crippen LogP contribution in [0.5, 0.6) is 0 Å². The van der Waals surface area contributed by atoms with Crippen molar-refractivity contribution in [3.05, 3.63) is 18.2 Å². The minimum Gasteiger partial charge on any atom is -0.337 e. The Morgan fingerprint density at radius 3 is 2.86 bits per heavy atom. The SMILES string of the molecule is C[C@@H](N)C(=O)N(C)Cc1nccn1C. The van der Waals surface area contributed by atoms with Gasteiger partial charge in [0.15, 0.2) is 0 Å². The second-order valence-corrected chi connectivity index (χ2v) is 3.44. The molecule has 0 saturated carbocycles. The first-order valence-corrected chi connectivity index (χ1v) is 4.49. The summed E-state index contributed by atoms with van der Waals surface area (Å²) >= 11 is 0. The van der Waals surface area contributed by atoms with Crippen molar-refractivity contribution in [3.63, 3.8) is 0 Å². The average Bonchev–Trinajstić information content (AvgIpc) is 2.50. The van der Waals surface area contributed by atoms with Crippen molar-refractivity contribution in [2.45, 2.75) is 19.5 Å². The molecule has 0 aromatic carbocycles. The van der Waals surface area contributed by atoms with Gasteiger partial charge in [0.1, 0.15) is 5.82 Å². The highest BCUT2D eigenvalue weighted by molar-refractivity contribution is 5.80. The third-order valence-electron chi connectivity index (χ3n) is 2.07. The maximum atomic E-state index is 11.4. The Morgan fingerprint density at radius 1 is 1.79 bits per heavy atom. The highest BCUT2D eigenvalue weighted by atomic mass is 16.2. The number of aryl methyl sites for hydroxylation is 1. The number of likely N-dealkylation sites (N-methyl/N-ethyl adjacent to an activating group) is 1. The summed E-state index contributed by atoms with van der Waals surface area (Å²) in [4.78, 5) is 17.1. The monoisotopic (exact) mass is 196 g/mol. The van der Waals surface area contributed by atoms with Crippen molar-refractivity contribution in [1.82, 2.24) is 14.5 Å². The van der Waals surface area contributed by atoms with E-state index in [4.69, 9.17) is 5.73 Å². The van der Waals surface area contributed by atoms with E-state index in [9.17, 15) is 4.79 Å². The first-order valence-electron chi connectivity index (χ1n) is 4.49. The molecule has 0 radical (unpaired) electrons. The Labute approximate surface area is 83.5 Å². The number of amides is 1. The van der Waals surface area contributed by atoms with Crippen LogP contribution in [-0.4, -0.2) is 33.4 Å². The number of carbonyl (C=O) groups is 1. The average molecular weight is 196 g/mol. The lowest BCUT2D eigenvalue weighted by atomic mass is 10.3. The van der Waals surface area contributed by atoms with Crippen molar-refractivity contribution in [2.24, 2.45) is 12.8 Å². The number of nitrogens with zero attached hydrogens (tertiary/aromatic N) is 3. The van der Waals surface area contributed by atoms with Crippen LogP contribution in [0.3, 0.4) is 0 Å². The molecule has 14 heavy (non-hydrogen) atoms. The first kappa shape index (κ1) is 10.7. The van der Waals surface area contributed by atoms with Crippen LogP contribution in [0.4, 0.5) is 0 Å². The highest BCUT2D eigenvalue weighted by Gasteiger charge is 2.14. The number of hydrogen-bond acceptors (Lipinski definition) is 3. The van der Waals surface area contributed by atoms with E-state index in [2.05, 4.69) is 4.98 Å². The van der Waals surface area contributed by atoms with E-state index < -0.39 is 6.04 Å². The molecule has 5 nitrogen and oxygen atoms in total. The summed E-state index contributed by atoms with van der Waals surface area (Å²) in [6.07, 6.45) is 3.55. The molecule has 0 bridgehead atoms. The Bertz CT molecular complexity index is 318. The van der Waals surface area contributed by atoms with Gasteiger partial charge in [-0.1, -0.05) is 0 Å². The van der Waals surface area contributed by atoms with Crippen molar-refractivity contribution in [1.29, 1.82) is 0 Å². The quantitative estimate of drug-likeness (QED) is 0.723. The molecule has 1 aromatic rings. The van der Waals surface area contributed by atoms with Gasteiger partial charge in [-0.3, -0.25) is 4.79 Å². The molecule has 0 aliphatic heterocycles. The molecule has 0 unspecified atom stereocenters. The third-order valence-corrected chi connectivity index (χ3v) is 2.07. The van der Waals surface area contributed by atoms with Crippen LogP contribution < -0.4 is 5.73 Å². The summed E-state index contributed by atoms with van der Waals surface area (Å²) in [6, 6.07) is -0.458. The molecule has 1 heterocycles. The first-order chi connectivity index (χ1) is 6.52. The molecule has 1 rings (SSSR count). The maximum Gasteiger partial charge on any atom is 0.239 e. The van der Waals surface area contributed by atoms with Crippen LogP contribution in [0.2, 0.25) is 0 Å². The number of rotatable bonds is 3. The highest BCUT2D eigenvalue weighted by Crippen LogP contribution is 2.00. The largest absolute Gasteiger partial charge is 0.337 e. The number of aromatic nitrogens is 2. The molecule has 0 spiro atoms. The maximum absolute atomic E-state index is 11.4. The number of carbonyl (C=O) groups excluding carboxylic acids is 1. The van der Waals surface area contributed by atoms with E-state index in [1.54, 1.807) is 25.1 Å².